The van der Waals surface area contributed by atoms with Crippen LogP contribution in [-0.4, -0.2) is 24.9 Å². The highest BCUT2D eigenvalue weighted by Gasteiger charge is 2.23. The Morgan fingerprint density at radius 1 is 1.20 bits per heavy atom. The fraction of sp³-hybridized carbons (Fsp3) is 0.429. The molecule has 0 aromatic heterocycles. The molecule has 108 valence electrons. The lowest BCUT2D eigenvalue weighted by molar-refractivity contribution is -0.119. The average molecular weight is 276 g/mol. The van der Waals surface area contributed by atoms with E-state index in [-0.39, 0.29) is 5.91 Å². The van der Waals surface area contributed by atoms with Crippen molar-refractivity contribution in [2.24, 2.45) is 17.4 Å². The lowest BCUT2D eigenvalue weighted by Gasteiger charge is -2.34. The summed E-state index contributed by atoms with van der Waals surface area (Å²) in [6, 6.07) is 5.29. The minimum atomic E-state index is -0.520. The molecule has 0 bridgehead atoms. The third-order valence-electron chi connectivity index (χ3n) is 3.79. The summed E-state index contributed by atoms with van der Waals surface area (Å²) in [5.74, 6) is -0.434. The van der Waals surface area contributed by atoms with Crippen LogP contribution in [-0.2, 0) is 4.79 Å². The fourth-order valence-electron chi connectivity index (χ4n) is 2.71. The topological polar surface area (TPSA) is 115 Å². The normalized spacial score (nSPS) is 16.1. The average Bonchev–Trinajstić information content (AvgIpc) is 2.39. The van der Waals surface area contributed by atoms with E-state index in [1.54, 1.807) is 12.1 Å². The van der Waals surface area contributed by atoms with Gasteiger partial charge in [0, 0.05) is 19.5 Å². The monoisotopic (exact) mass is 276 g/mol. The van der Waals surface area contributed by atoms with Crippen LogP contribution in [0.15, 0.2) is 18.2 Å². The van der Waals surface area contributed by atoms with Gasteiger partial charge in [-0.05, 0) is 30.9 Å². The van der Waals surface area contributed by atoms with E-state index in [4.69, 9.17) is 17.2 Å². The van der Waals surface area contributed by atoms with Gasteiger partial charge in [0.15, 0.2) is 0 Å². The van der Waals surface area contributed by atoms with Gasteiger partial charge in [0.05, 0.1) is 16.9 Å². The first-order chi connectivity index (χ1) is 9.49. The molecule has 0 unspecified atom stereocenters. The molecular weight excluding hydrogens is 256 g/mol. The van der Waals surface area contributed by atoms with Gasteiger partial charge in [-0.25, -0.2) is 0 Å². The number of hydrogen-bond donors (Lipinski definition) is 3. The van der Waals surface area contributed by atoms with Crippen molar-refractivity contribution >= 4 is 23.2 Å². The van der Waals surface area contributed by atoms with Crippen LogP contribution < -0.4 is 22.1 Å². The van der Waals surface area contributed by atoms with E-state index in [1.807, 2.05) is 6.07 Å². The minimum Gasteiger partial charge on any atom is -0.396 e. The van der Waals surface area contributed by atoms with Gasteiger partial charge in [-0.3, -0.25) is 9.59 Å². The third-order valence-corrected chi connectivity index (χ3v) is 3.79. The Labute approximate surface area is 117 Å². The summed E-state index contributed by atoms with van der Waals surface area (Å²) in [4.78, 5) is 24.4. The van der Waals surface area contributed by atoms with Crippen LogP contribution in [0.3, 0.4) is 0 Å². The molecule has 0 saturated carbocycles. The van der Waals surface area contributed by atoms with Crippen molar-refractivity contribution in [3.05, 3.63) is 23.8 Å². The number of amides is 2. The lowest BCUT2D eigenvalue weighted by atomic mass is 9.93. The number of hydrogen-bond acceptors (Lipinski definition) is 4. The number of rotatable bonds is 4. The van der Waals surface area contributed by atoms with Crippen molar-refractivity contribution < 1.29 is 9.59 Å². The highest BCUT2D eigenvalue weighted by molar-refractivity contribution is 6.00. The molecule has 0 aliphatic carbocycles. The molecule has 1 aromatic rings. The maximum absolute atomic E-state index is 11.3. The molecule has 6 N–H and O–H groups in total. The molecule has 20 heavy (non-hydrogen) atoms. The molecule has 1 heterocycles. The number of piperidine rings is 1. The molecule has 1 fully saturated rings. The Kier molecular flexibility index (Phi) is 4.12. The van der Waals surface area contributed by atoms with Crippen molar-refractivity contribution in [1.82, 2.24) is 0 Å². The molecule has 6 nitrogen and oxygen atoms in total. The van der Waals surface area contributed by atoms with Gasteiger partial charge in [0.1, 0.15) is 0 Å². The van der Waals surface area contributed by atoms with E-state index < -0.39 is 5.91 Å². The van der Waals surface area contributed by atoms with E-state index >= 15 is 0 Å². The second-order valence-corrected chi connectivity index (χ2v) is 5.20. The molecule has 0 radical (unpaired) electrons. The van der Waals surface area contributed by atoms with Crippen LogP contribution in [0.2, 0.25) is 0 Å². The number of carbonyl (C=O) groups is 2. The Balaban J connectivity index is 2.09. The van der Waals surface area contributed by atoms with Crippen LogP contribution in [0.25, 0.3) is 0 Å². The zero-order valence-electron chi connectivity index (χ0n) is 11.3. The molecule has 6 heteroatoms. The highest BCUT2D eigenvalue weighted by atomic mass is 16.1. The standard InChI is InChI=1S/C14H20N4O2/c15-12(19)8-9-4-6-18(7-5-9)11-3-1-2-10(13(11)16)14(17)20/h1-3,9H,4-8,16H2,(H2,15,19)(H2,17,20). The predicted molar refractivity (Wildman–Crippen MR) is 78.1 cm³/mol. The maximum Gasteiger partial charge on any atom is 0.250 e. The van der Waals surface area contributed by atoms with E-state index in [0.29, 0.717) is 23.6 Å². The van der Waals surface area contributed by atoms with Crippen LogP contribution in [0.4, 0.5) is 11.4 Å². The van der Waals surface area contributed by atoms with Crippen molar-refractivity contribution in [3.8, 4) is 0 Å². The molecule has 1 aliphatic rings. The van der Waals surface area contributed by atoms with Crippen LogP contribution in [0, 0.1) is 5.92 Å². The Hall–Kier alpha value is -2.24. The van der Waals surface area contributed by atoms with E-state index in [1.165, 1.54) is 0 Å². The van der Waals surface area contributed by atoms with Crippen molar-refractivity contribution in [1.29, 1.82) is 0 Å². The Morgan fingerprint density at radius 2 is 1.85 bits per heavy atom. The second-order valence-electron chi connectivity index (χ2n) is 5.20. The Bertz CT molecular complexity index is 522. The number of benzene rings is 1. The van der Waals surface area contributed by atoms with Crippen molar-refractivity contribution in [2.75, 3.05) is 23.7 Å². The molecule has 2 amide bonds. The first-order valence-corrected chi connectivity index (χ1v) is 6.70. The molecule has 0 spiro atoms. The predicted octanol–water partition coefficient (Wildman–Crippen LogP) is 0.459. The Morgan fingerprint density at radius 3 is 2.40 bits per heavy atom. The maximum atomic E-state index is 11.3. The second kappa shape index (κ2) is 5.81. The minimum absolute atomic E-state index is 0.251. The molecule has 0 atom stereocenters. The number of primary amides is 2. The quantitative estimate of drug-likeness (QED) is 0.693. The number of nitrogens with zero attached hydrogens (tertiary/aromatic N) is 1. The summed E-state index contributed by atoms with van der Waals surface area (Å²) in [7, 11) is 0. The fourth-order valence-corrected chi connectivity index (χ4v) is 2.71. The molecule has 1 aromatic carbocycles. The van der Waals surface area contributed by atoms with Crippen LogP contribution >= 0.6 is 0 Å². The summed E-state index contributed by atoms with van der Waals surface area (Å²) < 4.78 is 0. The van der Waals surface area contributed by atoms with Gasteiger partial charge in [-0.2, -0.15) is 0 Å². The summed E-state index contributed by atoms with van der Waals surface area (Å²) in [6.45, 7) is 1.59. The number of anilines is 2. The number of nitrogens with two attached hydrogens (primary N) is 3. The summed E-state index contributed by atoms with van der Waals surface area (Å²) in [6.07, 6.45) is 2.22. The number of nitrogen functional groups attached to an aromatic ring is 1. The summed E-state index contributed by atoms with van der Waals surface area (Å²) in [5.41, 5.74) is 18.1. The first-order valence-electron chi connectivity index (χ1n) is 6.70. The summed E-state index contributed by atoms with van der Waals surface area (Å²) in [5, 5.41) is 0. The number of carbonyl (C=O) groups excluding carboxylic acids is 2. The zero-order chi connectivity index (χ0) is 14.7. The van der Waals surface area contributed by atoms with Crippen LogP contribution in [0.1, 0.15) is 29.6 Å². The summed E-state index contributed by atoms with van der Waals surface area (Å²) >= 11 is 0. The molecule has 1 aliphatic heterocycles. The first kappa shape index (κ1) is 14.2. The number of para-hydroxylation sites is 1. The van der Waals surface area contributed by atoms with Gasteiger partial charge in [-0.1, -0.05) is 6.07 Å². The van der Waals surface area contributed by atoms with Gasteiger partial charge < -0.3 is 22.1 Å². The van der Waals surface area contributed by atoms with Gasteiger partial charge in [-0.15, -0.1) is 0 Å². The molecular formula is C14H20N4O2. The molecule has 1 saturated heterocycles. The van der Waals surface area contributed by atoms with E-state index in [9.17, 15) is 9.59 Å². The third kappa shape index (κ3) is 3.01. The van der Waals surface area contributed by atoms with Gasteiger partial charge >= 0.3 is 0 Å². The van der Waals surface area contributed by atoms with Crippen molar-refractivity contribution in [2.45, 2.75) is 19.3 Å². The highest BCUT2D eigenvalue weighted by Crippen LogP contribution is 2.30. The van der Waals surface area contributed by atoms with Gasteiger partial charge in [0.25, 0.3) is 5.91 Å². The van der Waals surface area contributed by atoms with Crippen molar-refractivity contribution in [3.63, 3.8) is 0 Å². The van der Waals surface area contributed by atoms with E-state index in [0.717, 1.165) is 31.6 Å². The smallest absolute Gasteiger partial charge is 0.250 e. The molecule has 2 rings (SSSR count). The van der Waals surface area contributed by atoms with E-state index in [2.05, 4.69) is 4.90 Å². The van der Waals surface area contributed by atoms with Gasteiger partial charge in [0.2, 0.25) is 5.91 Å². The SMILES string of the molecule is NC(=O)CC1CCN(c2cccc(C(N)=O)c2N)CC1. The van der Waals surface area contributed by atoms with Crippen LogP contribution in [0.5, 0.6) is 0 Å². The zero-order valence-corrected chi connectivity index (χ0v) is 11.3. The largest absolute Gasteiger partial charge is 0.396 e. The lowest BCUT2D eigenvalue weighted by Crippen LogP contribution is -2.35.